The fraction of sp³-hybridized carbons (Fsp3) is 0.488. The minimum absolute atomic E-state index is 0.0340. The van der Waals surface area contributed by atoms with Gasteiger partial charge >= 0.3 is 12.0 Å². The molecule has 1 saturated heterocycles. The Morgan fingerprint density at radius 2 is 1.72 bits per heavy atom. The number of rotatable bonds is 13. The number of carboxylic acids is 1. The van der Waals surface area contributed by atoms with Crippen LogP contribution in [-0.4, -0.2) is 95.2 Å². The van der Waals surface area contributed by atoms with Crippen LogP contribution in [0.5, 0.6) is 11.5 Å². The van der Waals surface area contributed by atoms with Crippen molar-refractivity contribution in [3.8, 4) is 22.8 Å². The van der Waals surface area contributed by atoms with Crippen LogP contribution in [0.25, 0.3) is 22.2 Å². The molecule has 14 nitrogen and oxygen atoms in total. The largest absolute Gasteiger partial charge is 0.497 e. The van der Waals surface area contributed by atoms with Gasteiger partial charge in [0, 0.05) is 42.5 Å². The van der Waals surface area contributed by atoms with Crippen LogP contribution >= 0.6 is 0 Å². The molecule has 3 fully saturated rings. The number of likely N-dealkylation sites (N-methyl/N-ethyl adjacent to an activating group) is 1. The number of ether oxygens (including phenoxy) is 2. The first kappa shape index (κ1) is 41.0. The number of pyridine rings is 1. The van der Waals surface area contributed by atoms with Gasteiger partial charge in [-0.1, -0.05) is 76.4 Å². The highest BCUT2D eigenvalue weighted by atomic mass is 16.5. The minimum atomic E-state index is -1.55. The molecule has 2 unspecified atom stereocenters. The molecule has 0 radical (unpaired) electrons. The van der Waals surface area contributed by atoms with Crippen molar-refractivity contribution in [2.24, 2.45) is 17.3 Å². The van der Waals surface area contributed by atoms with Crippen LogP contribution in [0.15, 0.2) is 67.3 Å². The van der Waals surface area contributed by atoms with Gasteiger partial charge in [0.2, 0.25) is 17.7 Å². The van der Waals surface area contributed by atoms with E-state index in [4.69, 9.17) is 14.5 Å². The monoisotopic (exact) mass is 782 g/mol. The quantitative estimate of drug-likeness (QED) is 0.152. The second-order valence-corrected chi connectivity index (χ2v) is 16.5. The summed E-state index contributed by atoms with van der Waals surface area (Å²) < 4.78 is 12.1. The Bertz CT molecular complexity index is 2010. The molecule has 3 aromatic rings. The lowest BCUT2D eigenvalue weighted by Gasteiger charge is -2.35. The molecule has 0 bridgehead atoms. The van der Waals surface area contributed by atoms with Crippen molar-refractivity contribution in [3.63, 3.8) is 0 Å². The lowest BCUT2D eigenvalue weighted by Crippen LogP contribution is -2.61. The molecular formula is C43H54N6O8. The number of carbonyl (C=O) groups excluding carboxylic acids is 4. The van der Waals surface area contributed by atoms with E-state index in [2.05, 4.69) is 27.8 Å². The molecule has 6 atom stereocenters. The molecule has 304 valence electrons. The van der Waals surface area contributed by atoms with Crippen molar-refractivity contribution >= 4 is 40.6 Å². The summed E-state index contributed by atoms with van der Waals surface area (Å²) in [5.41, 5.74) is -0.243. The third kappa shape index (κ3) is 8.84. The first-order valence-electron chi connectivity index (χ1n) is 19.7. The van der Waals surface area contributed by atoms with Crippen LogP contribution in [0.3, 0.4) is 0 Å². The highest BCUT2D eigenvalue weighted by Gasteiger charge is 2.61. The third-order valence-corrected chi connectivity index (χ3v) is 11.5. The highest BCUT2D eigenvalue weighted by Crippen LogP contribution is 2.45. The maximum atomic E-state index is 14.5. The Labute approximate surface area is 333 Å². The van der Waals surface area contributed by atoms with Crippen LogP contribution in [0.2, 0.25) is 0 Å². The van der Waals surface area contributed by atoms with Gasteiger partial charge in [-0.2, -0.15) is 0 Å². The van der Waals surface area contributed by atoms with Gasteiger partial charge in [0.15, 0.2) is 0 Å². The first-order valence-corrected chi connectivity index (χ1v) is 19.7. The molecule has 3 aliphatic rings. The molecule has 2 aromatic carbocycles. The number of hydrogen-bond donors (Lipinski definition) is 5. The average molecular weight is 783 g/mol. The normalized spacial score (nSPS) is 23.1. The van der Waals surface area contributed by atoms with Crippen LogP contribution in [-0.2, 0) is 19.2 Å². The van der Waals surface area contributed by atoms with Crippen molar-refractivity contribution in [2.45, 2.75) is 95.5 Å². The number of aliphatic carboxylic acids is 1. The first-order chi connectivity index (χ1) is 27.2. The number of aromatic nitrogens is 1. The van der Waals surface area contributed by atoms with Crippen molar-refractivity contribution < 1.29 is 38.6 Å². The molecule has 1 aliphatic heterocycles. The lowest BCUT2D eigenvalue weighted by atomic mass is 9.82. The molecule has 5 amide bonds. The number of amides is 5. The number of benzene rings is 2. The van der Waals surface area contributed by atoms with Crippen LogP contribution < -0.4 is 30.7 Å². The lowest BCUT2D eigenvalue weighted by molar-refractivity contribution is -0.140. The molecule has 5 N–H and O–H groups in total. The molecule has 14 heteroatoms. The smallest absolute Gasteiger partial charge is 0.330 e. The Hall–Kier alpha value is -5.66. The van der Waals surface area contributed by atoms with Gasteiger partial charge in [0.1, 0.15) is 41.3 Å². The van der Waals surface area contributed by atoms with E-state index in [0.717, 1.165) is 37.7 Å². The number of urea groups is 1. The van der Waals surface area contributed by atoms with Gasteiger partial charge in [-0.25, -0.2) is 14.6 Å². The topological polar surface area (TPSA) is 188 Å². The number of likely N-dealkylation sites (tertiary alicyclic amines) is 1. The van der Waals surface area contributed by atoms with E-state index < -0.39 is 64.9 Å². The van der Waals surface area contributed by atoms with Crippen molar-refractivity contribution in [1.82, 2.24) is 31.2 Å². The van der Waals surface area contributed by atoms with Gasteiger partial charge in [0.25, 0.3) is 0 Å². The predicted molar refractivity (Wildman–Crippen MR) is 214 cm³/mol. The van der Waals surface area contributed by atoms with Gasteiger partial charge in [0.05, 0.1) is 24.9 Å². The zero-order chi connectivity index (χ0) is 41.1. The van der Waals surface area contributed by atoms with Crippen LogP contribution in [0.4, 0.5) is 4.79 Å². The number of carbonyl (C=O) groups is 5. The van der Waals surface area contributed by atoms with E-state index in [-0.39, 0.29) is 31.2 Å². The summed E-state index contributed by atoms with van der Waals surface area (Å²) in [5.74, 6) is -2.07. The molecular weight excluding hydrogens is 729 g/mol. The summed E-state index contributed by atoms with van der Waals surface area (Å²) in [4.78, 5) is 74.2. The molecule has 1 aromatic heterocycles. The standard InChI is InChI=1S/C43H54N6O8/c1-7-27-23-43(27,40(53)54)48-41(55)49-24-29(57-34-22-31(25-14-10-8-11-15-25)45-32-20-28(56-6)18-19-30(32)34)21-33(49)37(50)47-36(42(2,3)4)39(52)46-35(38(51)44-5)26-16-12-9-13-17-26/h7-8,10-11,14-15,18-20,22,26-27,29,33,35-36H,1,9,12-13,16-17,21,23-24H2,2-6H3,(H,44,51)(H,46,52)(H,47,50)(H,48,55)(H,53,54)/t27?,29-,33+,35-,36-,43?/m0/s1. The Kier molecular flexibility index (Phi) is 12.1. The predicted octanol–water partition coefficient (Wildman–Crippen LogP) is 4.81. The number of carboxylic acid groups (broad SMARTS) is 1. The summed E-state index contributed by atoms with van der Waals surface area (Å²) in [6.45, 7) is 9.09. The number of fused-ring (bicyclic) bond motifs is 1. The second-order valence-electron chi connectivity index (χ2n) is 16.5. The number of nitrogens with zero attached hydrogens (tertiary/aromatic N) is 2. The maximum Gasteiger partial charge on any atom is 0.330 e. The van der Waals surface area contributed by atoms with E-state index in [1.807, 2.05) is 63.2 Å². The summed E-state index contributed by atoms with van der Waals surface area (Å²) in [6.07, 6.45) is 5.57. The SMILES string of the molecule is C=CC1CC1(NC(=O)N1C[C@@H](Oc2cc(-c3ccccc3)nc3cc(OC)ccc23)C[C@@H]1C(=O)N[C@@H](C(=O)N[C@H](C(=O)NC)C1CCCCC1)C(C)(C)C)C(=O)O. The molecule has 6 rings (SSSR count). The van der Waals surface area contributed by atoms with E-state index in [0.29, 0.717) is 28.1 Å². The van der Waals surface area contributed by atoms with E-state index >= 15 is 0 Å². The number of hydrogen-bond acceptors (Lipinski definition) is 8. The average Bonchev–Trinajstić information content (AvgIpc) is 3.77. The van der Waals surface area contributed by atoms with Gasteiger partial charge in [-0.05, 0) is 42.7 Å². The zero-order valence-corrected chi connectivity index (χ0v) is 33.3. The summed E-state index contributed by atoms with van der Waals surface area (Å²) in [7, 11) is 3.11. The molecule has 0 spiro atoms. The Morgan fingerprint density at radius 1 is 1.00 bits per heavy atom. The van der Waals surface area contributed by atoms with Gasteiger partial charge in [-0.15, -0.1) is 6.58 Å². The minimum Gasteiger partial charge on any atom is -0.497 e. The Morgan fingerprint density at radius 3 is 2.33 bits per heavy atom. The zero-order valence-electron chi connectivity index (χ0n) is 33.3. The molecule has 57 heavy (non-hydrogen) atoms. The van der Waals surface area contributed by atoms with E-state index in [1.54, 1.807) is 19.2 Å². The highest BCUT2D eigenvalue weighted by molar-refractivity contribution is 5.96. The number of methoxy groups -OCH3 is 1. The number of nitrogens with one attached hydrogen (secondary N) is 4. The fourth-order valence-electron chi connectivity index (χ4n) is 8.14. The molecule has 2 aliphatic carbocycles. The van der Waals surface area contributed by atoms with Gasteiger partial charge in [-0.3, -0.25) is 14.4 Å². The second kappa shape index (κ2) is 16.8. The van der Waals surface area contributed by atoms with Crippen LogP contribution in [0, 0.1) is 17.3 Å². The van der Waals surface area contributed by atoms with Crippen LogP contribution in [0.1, 0.15) is 65.7 Å². The summed E-state index contributed by atoms with van der Waals surface area (Å²) in [5, 5.41) is 22.0. The van der Waals surface area contributed by atoms with E-state index in [1.165, 1.54) is 18.0 Å². The molecule has 2 heterocycles. The summed E-state index contributed by atoms with van der Waals surface area (Å²) >= 11 is 0. The third-order valence-electron chi connectivity index (χ3n) is 11.5. The summed E-state index contributed by atoms with van der Waals surface area (Å²) in [6, 6.07) is 13.1. The molecule has 2 saturated carbocycles. The Balaban J connectivity index is 1.30. The van der Waals surface area contributed by atoms with Crippen molar-refractivity contribution in [2.75, 3.05) is 20.7 Å². The van der Waals surface area contributed by atoms with Crippen molar-refractivity contribution in [1.29, 1.82) is 0 Å². The van der Waals surface area contributed by atoms with Gasteiger partial charge < -0.3 is 40.7 Å². The fourth-order valence-corrected chi connectivity index (χ4v) is 8.14. The maximum absolute atomic E-state index is 14.5. The van der Waals surface area contributed by atoms with E-state index in [9.17, 15) is 29.1 Å². The van der Waals surface area contributed by atoms with Crippen molar-refractivity contribution in [3.05, 3.63) is 67.3 Å².